The summed E-state index contributed by atoms with van der Waals surface area (Å²) in [5, 5.41) is 15.8. The van der Waals surface area contributed by atoms with Gasteiger partial charge in [-0.05, 0) is 25.1 Å². The highest BCUT2D eigenvalue weighted by Crippen LogP contribution is 2.29. The minimum Gasteiger partial charge on any atom is -0.493 e. The summed E-state index contributed by atoms with van der Waals surface area (Å²) in [7, 11) is 0. The fraction of sp³-hybridized carbons (Fsp3) is 0.318. The number of hydrogen-bond acceptors (Lipinski definition) is 8. The molecule has 0 aliphatic carbocycles. The number of carbonyl (C=O) groups excluding carboxylic acids is 2. The minimum absolute atomic E-state index is 0.0994. The van der Waals surface area contributed by atoms with Crippen molar-refractivity contribution in [1.29, 1.82) is 0 Å². The number of amides is 2. The number of ether oxygens (including phenoxy) is 1. The van der Waals surface area contributed by atoms with Crippen molar-refractivity contribution in [3.63, 3.8) is 0 Å². The van der Waals surface area contributed by atoms with E-state index in [1.807, 2.05) is 0 Å². The molecule has 10 nitrogen and oxygen atoms in total. The largest absolute Gasteiger partial charge is 0.493 e. The number of aromatic hydroxyl groups is 1. The number of morpholine rings is 1. The molecule has 2 N–H and O–H groups in total. The molecule has 1 aromatic carbocycles. The predicted molar refractivity (Wildman–Crippen MR) is 113 cm³/mol. The van der Waals surface area contributed by atoms with Crippen molar-refractivity contribution < 1.29 is 37.1 Å². The van der Waals surface area contributed by atoms with Gasteiger partial charge >= 0.3 is 12.1 Å². The molecule has 1 aliphatic heterocycles. The van der Waals surface area contributed by atoms with Crippen LogP contribution in [-0.2, 0) is 10.9 Å². The van der Waals surface area contributed by atoms with E-state index in [2.05, 4.69) is 25.0 Å². The molecule has 13 heteroatoms. The van der Waals surface area contributed by atoms with E-state index >= 15 is 0 Å². The molecule has 0 spiro atoms. The number of nitrogens with one attached hydrogen (secondary N) is 1. The number of rotatable bonds is 5. The van der Waals surface area contributed by atoms with Gasteiger partial charge in [0.1, 0.15) is 0 Å². The molecule has 3 aromatic rings. The molecular formula is C22H20F3N5O5. The Labute approximate surface area is 196 Å². The molecule has 0 bridgehead atoms. The normalized spacial score (nSPS) is 16.2. The van der Waals surface area contributed by atoms with E-state index in [0.717, 1.165) is 0 Å². The first-order chi connectivity index (χ1) is 16.6. The Kier molecular flexibility index (Phi) is 6.69. The first-order valence-electron chi connectivity index (χ1n) is 10.5. The lowest BCUT2D eigenvalue weighted by Crippen LogP contribution is -2.53. The molecule has 3 heterocycles. The Morgan fingerprint density at radius 2 is 1.91 bits per heavy atom. The van der Waals surface area contributed by atoms with E-state index in [4.69, 9.17) is 4.74 Å². The number of carbonyl (C=O) groups is 2. The summed E-state index contributed by atoms with van der Waals surface area (Å²) in [6.07, 6.45) is -4.75. The fourth-order valence-electron chi connectivity index (χ4n) is 3.57. The minimum atomic E-state index is -4.75. The predicted octanol–water partition coefficient (Wildman–Crippen LogP) is 2.44. The topological polar surface area (TPSA) is 131 Å². The lowest BCUT2D eigenvalue weighted by Gasteiger charge is -2.35. The molecule has 2 amide bonds. The number of aryl methyl sites for hydroxylation is 1. The Balaban J connectivity index is 1.40. The van der Waals surface area contributed by atoms with Crippen LogP contribution < -0.4 is 5.32 Å². The molecule has 184 valence electrons. The second-order valence-corrected chi connectivity index (χ2v) is 7.79. The molecule has 0 saturated carbocycles. The second kappa shape index (κ2) is 9.70. The maximum absolute atomic E-state index is 13.0. The highest BCUT2D eigenvalue weighted by Gasteiger charge is 2.38. The molecule has 0 radical (unpaired) electrons. The molecule has 1 saturated heterocycles. The molecule has 2 aromatic heterocycles. The third-order valence-electron chi connectivity index (χ3n) is 5.25. The van der Waals surface area contributed by atoms with Gasteiger partial charge in [-0.3, -0.25) is 9.59 Å². The van der Waals surface area contributed by atoms with Gasteiger partial charge in [0, 0.05) is 41.5 Å². The third kappa shape index (κ3) is 5.57. The number of aromatic nitrogens is 3. The lowest BCUT2D eigenvalue weighted by atomic mass is 10.1. The zero-order chi connectivity index (χ0) is 25.2. The van der Waals surface area contributed by atoms with Crippen LogP contribution in [0.1, 0.15) is 32.3 Å². The summed E-state index contributed by atoms with van der Waals surface area (Å²) in [5.74, 6) is -2.74. The van der Waals surface area contributed by atoms with Crippen LogP contribution in [0.4, 0.5) is 13.2 Å². The number of nitrogens with zero attached hydrogens (tertiary/aromatic N) is 4. The Bertz CT molecular complexity index is 1210. The zero-order valence-corrected chi connectivity index (χ0v) is 18.4. The van der Waals surface area contributed by atoms with Crippen molar-refractivity contribution in [2.45, 2.75) is 19.1 Å². The van der Waals surface area contributed by atoms with E-state index in [1.54, 1.807) is 17.9 Å². The number of hydrogen-bond donors (Lipinski definition) is 2. The van der Waals surface area contributed by atoms with Gasteiger partial charge in [-0.2, -0.15) is 18.2 Å². The van der Waals surface area contributed by atoms with E-state index < -0.39 is 24.0 Å². The number of pyridine rings is 1. The summed E-state index contributed by atoms with van der Waals surface area (Å²) in [4.78, 5) is 34.3. The van der Waals surface area contributed by atoms with Crippen LogP contribution >= 0.6 is 0 Å². The Morgan fingerprint density at radius 1 is 1.17 bits per heavy atom. The quantitative estimate of drug-likeness (QED) is 0.557. The average Bonchev–Trinajstić information content (AvgIpc) is 3.33. The van der Waals surface area contributed by atoms with Crippen molar-refractivity contribution in [2.24, 2.45) is 0 Å². The summed E-state index contributed by atoms with van der Waals surface area (Å²) < 4.78 is 47.6. The zero-order valence-electron chi connectivity index (χ0n) is 18.4. The van der Waals surface area contributed by atoms with E-state index in [9.17, 15) is 27.9 Å². The summed E-state index contributed by atoms with van der Waals surface area (Å²) in [6, 6.07) is 8.03. The number of halogens is 3. The van der Waals surface area contributed by atoms with Crippen molar-refractivity contribution in [3.05, 3.63) is 59.1 Å². The van der Waals surface area contributed by atoms with Crippen LogP contribution in [0, 0.1) is 6.92 Å². The van der Waals surface area contributed by atoms with Crippen molar-refractivity contribution >= 4 is 11.8 Å². The average molecular weight is 491 g/mol. The van der Waals surface area contributed by atoms with Gasteiger partial charge in [0.25, 0.3) is 11.8 Å². The first-order valence-corrected chi connectivity index (χ1v) is 10.5. The highest BCUT2D eigenvalue weighted by molar-refractivity contribution is 5.96. The van der Waals surface area contributed by atoms with Crippen LogP contribution in [0.5, 0.6) is 5.88 Å². The first kappa shape index (κ1) is 24.1. The fourth-order valence-corrected chi connectivity index (χ4v) is 3.57. The van der Waals surface area contributed by atoms with E-state index in [0.29, 0.717) is 18.8 Å². The van der Waals surface area contributed by atoms with E-state index in [-0.39, 0.29) is 47.5 Å². The number of benzene rings is 1. The Morgan fingerprint density at radius 3 is 2.57 bits per heavy atom. The van der Waals surface area contributed by atoms with Crippen LogP contribution in [0.15, 0.2) is 40.9 Å². The van der Waals surface area contributed by atoms with Crippen LogP contribution in [0.3, 0.4) is 0 Å². The lowest BCUT2D eigenvalue weighted by molar-refractivity contribution is -0.159. The maximum Gasteiger partial charge on any atom is 0.471 e. The van der Waals surface area contributed by atoms with Crippen molar-refractivity contribution in [2.75, 3.05) is 26.3 Å². The van der Waals surface area contributed by atoms with Crippen molar-refractivity contribution in [1.82, 2.24) is 25.3 Å². The Hall–Kier alpha value is -4.00. The second-order valence-electron chi connectivity index (χ2n) is 7.79. The van der Waals surface area contributed by atoms with E-state index in [1.165, 1.54) is 30.3 Å². The van der Waals surface area contributed by atoms with Gasteiger partial charge in [0.2, 0.25) is 11.7 Å². The summed E-state index contributed by atoms with van der Waals surface area (Å²) in [6.45, 7) is 2.61. The molecular weight excluding hydrogens is 471 g/mol. The van der Waals surface area contributed by atoms with Gasteiger partial charge in [-0.25, -0.2) is 4.98 Å². The molecule has 0 unspecified atom stereocenters. The summed E-state index contributed by atoms with van der Waals surface area (Å²) in [5.41, 5.74) is 1.26. The van der Waals surface area contributed by atoms with Gasteiger partial charge < -0.3 is 24.6 Å². The molecule has 4 rings (SSSR count). The van der Waals surface area contributed by atoms with Crippen LogP contribution in [0.25, 0.3) is 11.4 Å². The number of alkyl halides is 3. The van der Waals surface area contributed by atoms with Crippen LogP contribution in [-0.4, -0.2) is 69.3 Å². The monoisotopic (exact) mass is 491 g/mol. The van der Waals surface area contributed by atoms with Gasteiger partial charge in [0.15, 0.2) is 0 Å². The van der Waals surface area contributed by atoms with Crippen molar-refractivity contribution in [3.8, 4) is 17.3 Å². The molecule has 1 fully saturated rings. The van der Waals surface area contributed by atoms with Gasteiger partial charge in [0.05, 0.1) is 19.3 Å². The maximum atomic E-state index is 13.0. The smallest absolute Gasteiger partial charge is 0.471 e. The third-order valence-corrected chi connectivity index (χ3v) is 5.25. The summed E-state index contributed by atoms with van der Waals surface area (Å²) >= 11 is 0. The van der Waals surface area contributed by atoms with Crippen LogP contribution in [0.2, 0.25) is 0 Å². The van der Waals surface area contributed by atoms with Gasteiger partial charge in [-0.1, -0.05) is 17.3 Å². The standard InChI is InChI=1S/C22H20F3N5O5/c1-12-8-15(9-17(31)27-12)20(33)30-6-7-34-11-16(30)10-26-19(32)14-4-2-13(3-5-14)18-28-21(35-29-18)22(23,24)25/h2-5,8-9,16H,6-7,10-11H2,1H3,(H,26,32)(H,27,31)/t16-/m0/s1. The highest BCUT2D eigenvalue weighted by atomic mass is 19.4. The molecule has 1 atom stereocenters. The molecule has 1 aliphatic rings. The SMILES string of the molecule is Cc1cc(C(=O)N2CCOC[C@@H]2CNC(=O)c2ccc(-c3noc(C(F)(F)F)n3)cc2)cc(O)n1. The van der Waals surface area contributed by atoms with Gasteiger partial charge in [-0.15, -0.1) is 0 Å². The molecule has 35 heavy (non-hydrogen) atoms.